The van der Waals surface area contributed by atoms with Crippen LogP contribution in [0.3, 0.4) is 0 Å². The molecular formula is C19H27F11O2. The quantitative estimate of drug-likeness (QED) is 0.174. The number of hydrogen-bond acceptors (Lipinski definition) is 2. The van der Waals surface area contributed by atoms with Crippen LogP contribution in [0.4, 0.5) is 48.3 Å². The van der Waals surface area contributed by atoms with Gasteiger partial charge in [0, 0.05) is 19.6 Å². The monoisotopic (exact) mass is 496 g/mol. The molecule has 0 amide bonds. The first-order chi connectivity index (χ1) is 14.6. The Balaban J connectivity index is 2.27. The Morgan fingerprint density at radius 2 is 1.19 bits per heavy atom. The van der Waals surface area contributed by atoms with Crippen LogP contribution in [0.15, 0.2) is 0 Å². The molecule has 1 saturated heterocycles. The van der Waals surface area contributed by atoms with Crippen LogP contribution in [-0.2, 0) is 9.47 Å². The fraction of sp³-hybridized carbons (Fsp3) is 1.00. The van der Waals surface area contributed by atoms with Crippen LogP contribution in [0.2, 0.25) is 0 Å². The molecule has 0 spiro atoms. The van der Waals surface area contributed by atoms with Crippen molar-refractivity contribution in [1.29, 1.82) is 0 Å². The van der Waals surface area contributed by atoms with Gasteiger partial charge in [0.15, 0.2) is 0 Å². The molecule has 192 valence electrons. The van der Waals surface area contributed by atoms with E-state index < -0.39 is 42.7 Å². The van der Waals surface area contributed by atoms with Gasteiger partial charge in [-0.15, -0.1) is 0 Å². The lowest BCUT2D eigenvalue weighted by Crippen LogP contribution is -2.66. The Morgan fingerprint density at radius 3 is 1.69 bits per heavy atom. The summed E-state index contributed by atoms with van der Waals surface area (Å²) in [5.74, 6) is -27.3. The Hall–Kier alpha value is -0.850. The average molecular weight is 496 g/mol. The maximum atomic E-state index is 13.5. The van der Waals surface area contributed by atoms with Crippen molar-refractivity contribution in [1.82, 2.24) is 0 Å². The Bertz CT molecular complexity index is 544. The maximum Gasteiger partial charge on any atom is 0.460 e. The molecule has 0 N–H and O–H groups in total. The van der Waals surface area contributed by atoms with E-state index in [2.05, 4.69) is 0 Å². The van der Waals surface area contributed by atoms with E-state index in [1.54, 1.807) is 0 Å². The summed E-state index contributed by atoms with van der Waals surface area (Å²) in [5, 5.41) is 0. The first kappa shape index (κ1) is 29.2. The van der Waals surface area contributed by atoms with Crippen LogP contribution in [-0.4, -0.2) is 55.8 Å². The second-order valence-corrected chi connectivity index (χ2v) is 7.86. The molecule has 0 aromatic carbocycles. The SMILES string of the molecule is FC(F)(F)C(F)(F)C(F)(F)C(F)(F)C(F)(F)CCCCCCCCCOCC1CCCO1. The van der Waals surface area contributed by atoms with E-state index in [0.29, 0.717) is 26.1 Å². The number of alkyl halides is 11. The molecule has 0 saturated carbocycles. The summed E-state index contributed by atoms with van der Waals surface area (Å²) in [6.45, 7) is 1.74. The molecule has 0 aromatic heterocycles. The Kier molecular flexibility index (Phi) is 10.5. The second kappa shape index (κ2) is 11.5. The van der Waals surface area contributed by atoms with Gasteiger partial charge >= 0.3 is 29.9 Å². The lowest BCUT2D eigenvalue weighted by molar-refractivity contribution is -0.422. The summed E-state index contributed by atoms with van der Waals surface area (Å²) in [4.78, 5) is 0. The van der Waals surface area contributed by atoms with Crippen molar-refractivity contribution in [3.8, 4) is 0 Å². The van der Waals surface area contributed by atoms with Gasteiger partial charge in [-0.1, -0.05) is 32.1 Å². The van der Waals surface area contributed by atoms with Crippen LogP contribution >= 0.6 is 0 Å². The fourth-order valence-corrected chi connectivity index (χ4v) is 3.19. The summed E-state index contributed by atoms with van der Waals surface area (Å²) < 4.78 is 152. The molecule has 0 aliphatic carbocycles. The number of hydrogen-bond donors (Lipinski definition) is 0. The predicted molar refractivity (Wildman–Crippen MR) is 92.6 cm³/mol. The molecule has 32 heavy (non-hydrogen) atoms. The van der Waals surface area contributed by atoms with Crippen molar-refractivity contribution in [3.63, 3.8) is 0 Å². The zero-order chi connectivity index (χ0) is 24.7. The fourth-order valence-electron chi connectivity index (χ4n) is 3.19. The predicted octanol–water partition coefficient (Wildman–Crippen LogP) is 7.41. The Labute approximate surface area is 178 Å². The van der Waals surface area contributed by atoms with E-state index in [4.69, 9.17) is 9.47 Å². The van der Waals surface area contributed by atoms with E-state index in [1.807, 2.05) is 0 Å². The minimum Gasteiger partial charge on any atom is -0.379 e. The van der Waals surface area contributed by atoms with Gasteiger partial charge in [0.05, 0.1) is 12.7 Å². The Morgan fingerprint density at radius 1 is 0.656 bits per heavy atom. The highest BCUT2D eigenvalue weighted by atomic mass is 19.4. The van der Waals surface area contributed by atoms with Crippen molar-refractivity contribution in [3.05, 3.63) is 0 Å². The van der Waals surface area contributed by atoms with Crippen molar-refractivity contribution in [2.45, 2.75) is 100 Å². The highest BCUT2D eigenvalue weighted by Crippen LogP contribution is 2.58. The van der Waals surface area contributed by atoms with Crippen molar-refractivity contribution >= 4 is 0 Å². The van der Waals surface area contributed by atoms with Crippen molar-refractivity contribution in [2.75, 3.05) is 19.8 Å². The molecule has 1 atom stereocenters. The maximum absolute atomic E-state index is 13.5. The van der Waals surface area contributed by atoms with Gasteiger partial charge in [0.2, 0.25) is 0 Å². The second-order valence-electron chi connectivity index (χ2n) is 7.86. The smallest absolute Gasteiger partial charge is 0.379 e. The van der Waals surface area contributed by atoms with E-state index >= 15 is 0 Å². The highest BCUT2D eigenvalue weighted by molar-refractivity contribution is 5.06. The normalized spacial score (nSPS) is 19.0. The van der Waals surface area contributed by atoms with Gasteiger partial charge in [0.25, 0.3) is 0 Å². The largest absolute Gasteiger partial charge is 0.460 e. The lowest BCUT2D eigenvalue weighted by Gasteiger charge is -2.37. The zero-order valence-electron chi connectivity index (χ0n) is 17.2. The molecule has 1 rings (SSSR count). The van der Waals surface area contributed by atoms with Gasteiger partial charge in [-0.2, -0.15) is 48.3 Å². The number of unbranched alkanes of at least 4 members (excludes halogenated alkanes) is 6. The molecule has 13 heteroatoms. The minimum atomic E-state index is -7.32. The third kappa shape index (κ3) is 7.07. The minimum absolute atomic E-state index is 0.0948. The molecule has 1 aliphatic rings. The molecule has 0 radical (unpaired) electrons. The average Bonchev–Trinajstić information content (AvgIpc) is 3.18. The molecule has 0 aromatic rings. The number of rotatable bonds is 15. The number of halogens is 11. The summed E-state index contributed by atoms with van der Waals surface area (Å²) in [6, 6.07) is 0. The summed E-state index contributed by atoms with van der Waals surface area (Å²) in [7, 11) is 0. The van der Waals surface area contributed by atoms with E-state index in [-0.39, 0.29) is 18.9 Å². The topological polar surface area (TPSA) is 18.5 Å². The van der Waals surface area contributed by atoms with Crippen LogP contribution in [0.1, 0.15) is 64.2 Å². The molecule has 0 bridgehead atoms. The van der Waals surface area contributed by atoms with Crippen LogP contribution in [0, 0.1) is 0 Å². The first-order valence-electron chi connectivity index (χ1n) is 10.4. The summed E-state index contributed by atoms with van der Waals surface area (Å²) >= 11 is 0. The van der Waals surface area contributed by atoms with Crippen molar-refractivity contribution in [2.24, 2.45) is 0 Å². The molecule has 1 unspecified atom stereocenters. The molecule has 2 nitrogen and oxygen atoms in total. The van der Waals surface area contributed by atoms with Gasteiger partial charge in [-0.05, 0) is 25.7 Å². The van der Waals surface area contributed by atoms with Crippen LogP contribution < -0.4 is 0 Å². The summed E-state index contributed by atoms with van der Waals surface area (Å²) in [5.41, 5.74) is 0. The van der Waals surface area contributed by atoms with E-state index in [1.165, 1.54) is 0 Å². The zero-order valence-corrected chi connectivity index (χ0v) is 17.2. The summed E-state index contributed by atoms with van der Waals surface area (Å²) in [6.07, 6.45) is -4.87. The van der Waals surface area contributed by atoms with Gasteiger partial charge in [0.1, 0.15) is 0 Å². The third-order valence-electron chi connectivity index (χ3n) is 5.21. The molecule has 1 aliphatic heterocycles. The standard InChI is InChI=1S/C19H27F11O2/c20-15(21,16(22,23)17(24,25)18(26,27)19(28,29)30)10-6-4-2-1-3-5-7-11-31-13-14-9-8-12-32-14/h14H,1-13H2. The third-order valence-corrected chi connectivity index (χ3v) is 5.21. The lowest BCUT2D eigenvalue weighted by atomic mass is 9.94. The first-order valence-corrected chi connectivity index (χ1v) is 10.4. The molecule has 1 fully saturated rings. The highest BCUT2D eigenvalue weighted by Gasteiger charge is 2.86. The van der Waals surface area contributed by atoms with Gasteiger partial charge in [-0.25, -0.2) is 0 Å². The van der Waals surface area contributed by atoms with Crippen molar-refractivity contribution < 1.29 is 57.8 Å². The van der Waals surface area contributed by atoms with Crippen LogP contribution in [0.5, 0.6) is 0 Å². The van der Waals surface area contributed by atoms with Gasteiger partial charge in [-0.3, -0.25) is 0 Å². The van der Waals surface area contributed by atoms with Gasteiger partial charge < -0.3 is 9.47 Å². The number of ether oxygens (including phenoxy) is 2. The van der Waals surface area contributed by atoms with E-state index in [0.717, 1.165) is 32.3 Å². The molecule has 1 heterocycles. The molecular weight excluding hydrogens is 469 g/mol. The van der Waals surface area contributed by atoms with E-state index in [9.17, 15) is 48.3 Å². The van der Waals surface area contributed by atoms with Crippen LogP contribution in [0.25, 0.3) is 0 Å².